The van der Waals surface area contributed by atoms with Crippen LogP contribution in [0.4, 0.5) is 5.88 Å². The van der Waals surface area contributed by atoms with Crippen molar-refractivity contribution in [2.24, 2.45) is 0 Å². The highest BCUT2D eigenvalue weighted by molar-refractivity contribution is 5.68. The lowest BCUT2D eigenvalue weighted by Gasteiger charge is -2.25. The highest BCUT2D eigenvalue weighted by Gasteiger charge is 2.27. The number of hydrogen-bond acceptors (Lipinski definition) is 8. The molecule has 1 saturated heterocycles. The minimum Gasteiger partial charge on any atom is -0.468 e. The third-order valence-corrected chi connectivity index (χ3v) is 6.15. The molecule has 8 heteroatoms. The van der Waals surface area contributed by atoms with Crippen LogP contribution in [0.15, 0.2) is 80.5 Å². The van der Waals surface area contributed by atoms with E-state index < -0.39 is 6.10 Å². The second-order valence-corrected chi connectivity index (χ2v) is 8.87. The summed E-state index contributed by atoms with van der Waals surface area (Å²) in [4.78, 5) is 4.42. The predicted octanol–water partition coefficient (Wildman–Crippen LogP) is 4.71. The number of aliphatic hydroxyl groups is 1. The Bertz CT molecular complexity index is 1140. The van der Waals surface area contributed by atoms with E-state index in [2.05, 4.69) is 15.0 Å². The van der Waals surface area contributed by atoms with Gasteiger partial charge in [0.25, 0.3) is 0 Å². The Kier molecular flexibility index (Phi) is 7.62. The van der Waals surface area contributed by atoms with E-state index in [9.17, 15) is 5.11 Å². The Morgan fingerprint density at radius 2 is 1.69 bits per heavy atom. The second-order valence-electron chi connectivity index (χ2n) is 8.87. The molecule has 4 heterocycles. The first-order valence-corrected chi connectivity index (χ1v) is 12.1. The van der Waals surface area contributed by atoms with Crippen molar-refractivity contribution in [2.75, 3.05) is 31.1 Å². The molecule has 5 rings (SSSR count). The summed E-state index contributed by atoms with van der Waals surface area (Å²) in [6, 6.07) is 17.6. The van der Waals surface area contributed by atoms with Crippen LogP contribution in [0.1, 0.15) is 29.9 Å². The molecule has 1 atom stereocenters. The summed E-state index contributed by atoms with van der Waals surface area (Å²) >= 11 is 0. The molecular weight excluding hydrogens is 446 g/mol. The molecule has 1 aromatic carbocycles. The Morgan fingerprint density at radius 3 is 2.40 bits per heavy atom. The number of furan rings is 2. The normalized spacial score (nSPS) is 14.7. The zero-order valence-corrected chi connectivity index (χ0v) is 19.7. The second kappa shape index (κ2) is 11.4. The number of aliphatic hydroxyl groups excluding tert-OH is 1. The number of hydrogen-bond donors (Lipinski definition) is 1. The van der Waals surface area contributed by atoms with Crippen LogP contribution in [0.5, 0.6) is 0 Å². The molecule has 0 amide bonds. The maximum absolute atomic E-state index is 10.8. The molecule has 1 N–H and O–H groups in total. The Labute approximate surface area is 204 Å². The van der Waals surface area contributed by atoms with Gasteiger partial charge in [-0.1, -0.05) is 35.5 Å². The number of nitrogens with zero attached hydrogens (tertiary/aromatic N) is 3. The van der Waals surface area contributed by atoms with E-state index in [1.54, 1.807) is 12.5 Å². The van der Waals surface area contributed by atoms with Crippen LogP contribution in [0.2, 0.25) is 0 Å². The lowest BCUT2D eigenvalue weighted by Crippen LogP contribution is -2.34. The summed E-state index contributed by atoms with van der Waals surface area (Å²) < 4.78 is 22.5. The molecule has 184 valence electrons. The summed E-state index contributed by atoms with van der Waals surface area (Å²) in [6.07, 6.45) is 4.88. The number of benzene rings is 1. The smallest absolute Gasteiger partial charge is 0.232 e. The van der Waals surface area contributed by atoms with Gasteiger partial charge in [-0.3, -0.25) is 4.90 Å². The van der Waals surface area contributed by atoms with E-state index in [4.69, 9.17) is 18.1 Å². The Hall–Kier alpha value is -3.33. The molecule has 0 bridgehead atoms. The van der Waals surface area contributed by atoms with E-state index in [0.29, 0.717) is 26.2 Å². The van der Waals surface area contributed by atoms with Crippen molar-refractivity contribution < 1.29 is 23.2 Å². The fraction of sp³-hybridized carbons (Fsp3) is 0.370. The highest BCUT2D eigenvalue weighted by Crippen LogP contribution is 2.34. The first-order chi connectivity index (χ1) is 17.3. The van der Waals surface area contributed by atoms with Crippen LogP contribution in [-0.4, -0.2) is 47.5 Å². The van der Waals surface area contributed by atoms with Crippen molar-refractivity contribution >= 4 is 5.88 Å². The lowest BCUT2D eigenvalue weighted by molar-refractivity contribution is 0.00165. The van der Waals surface area contributed by atoms with Crippen LogP contribution in [-0.2, 0) is 24.4 Å². The molecule has 35 heavy (non-hydrogen) atoms. The number of anilines is 1. The molecule has 0 spiro atoms. The quantitative estimate of drug-likeness (QED) is 0.314. The minimum absolute atomic E-state index is 0.198. The predicted molar refractivity (Wildman–Crippen MR) is 131 cm³/mol. The van der Waals surface area contributed by atoms with Crippen LogP contribution in [0.25, 0.3) is 11.3 Å². The van der Waals surface area contributed by atoms with Crippen molar-refractivity contribution in [3.8, 4) is 11.3 Å². The largest absolute Gasteiger partial charge is 0.468 e. The van der Waals surface area contributed by atoms with Crippen molar-refractivity contribution in [2.45, 2.75) is 38.6 Å². The summed E-state index contributed by atoms with van der Waals surface area (Å²) in [7, 11) is 0. The Balaban J connectivity index is 1.35. The first-order valence-electron chi connectivity index (χ1n) is 12.1. The molecule has 0 aliphatic carbocycles. The van der Waals surface area contributed by atoms with Gasteiger partial charge in [-0.15, -0.1) is 0 Å². The average Bonchev–Trinajstić information content (AvgIpc) is 3.68. The van der Waals surface area contributed by atoms with Crippen molar-refractivity contribution in [1.29, 1.82) is 0 Å². The van der Waals surface area contributed by atoms with Crippen molar-refractivity contribution in [3.63, 3.8) is 0 Å². The standard InChI is InChI=1S/C27H31N3O5/c31-22(19-32-20-24-11-7-15-34-24)16-29(17-23-10-6-14-33-23)18-25-26(21-8-2-1-3-9-21)28-35-27(25)30-12-4-5-13-30/h1-3,6-11,14-15,22,31H,4-5,12-13,16-20H2/t22-/m1/s1. The van der Waals surface area contributed by atoms with Gasteiger partial charge in [-0.05, 0) is 37.1 Å². The van der Waals surface area contributed by atoms with Gasteiger partial charge in [0, 0.05) is 31.7 Å². The monoisotopic (exact) mass is 477 g/mol. The molecule has 0 saturated carbocycles. The molecule has 8 nitrogen and oxygen atoms in total. The van der Waals surface area contributed by atoms with E-state index >= 15 is 0 Å². The number of aromatic nitrogens is 1. The van der Waals surface area contributed by atoms with E-state index in [1.165, 1.54) is 0 Å². The zero-order valence-electron chi connectivity index (χ0n) is 19.7. The van der Waals surface area contributed by atoms with Gasteiger partial charge in [-0.2, -0.15) is 0 Å². The molecule has 3 aromatic heterocycles. The van der Waals surface area contributed by atoms with E-state index in [-0.39, 0.29) is 6.61 Å². The van der Waals surface area contributed by atoms with Gasteiger partial charge in [0.2, 0.25) is 5.88 Å². The number of rotatable bonds is 12. The topological polar surface area (TPSA) is 88.2 Å². The maximum atomic E-state index is 10.8. The molecule has 0 radical (unpaired) electrons. The third-order valence-electron chi connectivity index (χ3n) is 6.15. The summed E-state index contributed by atoms with van der Waals surface area (Å²) in [5.41, 5.74) is 2.87. The van der Waals surface area contributed by atoms with Crippen LogP contribution < -0.4 is 4.90 Å². The van der Waals surface area contributed by atoms with Crippen LogP contribution in [0.3, 0.4) is 0 Å². The molecule has 4 aromatic rings. The molecule has 0 unspecified atom stereocenters. The fourth-order valence-corrected chi connectivity index (χ4v) is 4.51. The van der Waals surface area contributed by atoms with Gasteiger partial charge in [-0.25, -0.2) is 0 Å². The zero-order chi connectivity index (χ0) is 23.9. The maximum Gasteiger partial charge on any atom is 0.232 e. The summed E-state index contributed by atoms with van der Waals surface area (Å²) in [6.45, 7) is 3.93. The van der Waals surface area contributed by atoms with E-state index in [0.717, 1.165) is 60.2 Å². The van der Waals surface area contributed by atoms with Gasteiger partial charge < -0.3 is 28.1 Å². The molecule has 1 fully saturated rings. The van der Waals surface area contributed by atoms with Crippen molar-refractivity contribution in [3.05, 3.63) is 84.2 Å². The summed E-state index contributed by atoms with van der Waals surface area (Å²) in [5.74, 6) is 2.38. The van der Waals surface area contributed by atoms with Crippen LogP contribution in [0, 0.1) is 0 Å². The Morgan fingerprint density at radius 1 is 0.943 bits per heavy atom. The first kappa shape index (κ1) is 23.4. The van der Waals surface area contributed by atoms with Gasteiger partial charge in [0.1, 0.15) is 23.8 Å². The highest BCUT2D eigenvalue weighted by atomic mass is 16.5. The fourth-order valence-electron chi connectivity index (χ4n) is 4.51. The summed E-state index contributed by atoms with van der Waals surface area (Å²) in [5, 5.41) is 15.3. The third kappa shape index (κ3) is 6.03. The van der Waals surface area contributed by atoms with Gasteiger partial charge in [0.05, 0.1) is 37.3 Å². The van der Waals surface area contributed by atoms with E-state index in [1.807, 2.05) is 54.6 Å². The lowest BCUT2D eigenvalue weighted by atomic mass is 10.1. The van der Waals surface area contributed by atoms with Crippen LogP contribution >= 0.6 is 0 Å². The minimum atomic E-state index is -0.685. The molecular formula is C27H31N3O5. The van der Waals surface area contributed by atoms with Crippen molar-refractivity contribution in [1.82, 2.24) is 10.1 Å². The molecule has 1 aliphatic rings. The van der Waals surface area contributed by atoms with Gasteiger partial charge in [0.15, 0.2) is 0 Å². The molecule has 1 aliphatic heterocycles. The average molecular weight is 478 g/mol. The van der Waals surface area contributed by atoms with Gasteiger partial charge >= 0.3 is 0 Å². The SMILES string of the molecule is O[C@@H](COCc1ccco1)CN(Cc1ccco1)Cc1c(-c2ccccc2)noc1N1CCCC1. The number of ether oxygens (including phenoxy) is 1.